The summed E-state index contributed by atoms with van der Waals surface area (Å²) in [6.45, 7) is 1.46. The lowest BCUT2D eigenvalue weighted by molar-refractivity contribution is -0.385. The topological polar surface area (TPSA) is 72.2 Å². The number of hydrogen-bond acceptors (Lipinski definition) is 3. The Balaban J connectivity index is 2.10. The summed E-state index contributed by atoms with van der Waals surface area (Å²) in [6.07, 6.45) is -0.0888. The smallest absolute Gasteiger partial charge is 0.282 e. The number of carbonyl (C=O) groups is 1. The van der Waals surface area contributed by atoms with E-state index in [0.29, 0.717) is 5.56 Å². The third kappa shape index (κ3) is 3.53. The van der Waals surface area contributed by atoms with Crippen molar-refractivity contribution in [1.82, 2.24) is 5.32 Å². The van der Waals surface area contributed by atoms with Crippen LogP contribution in [0.1, 0.15) is 21.5 Å². The maximum Gasteiger partial charge on any atom is 0.282 e. The van der Waals surface area contributed by atoms with Crippen molar-refractivity contribution in [3.05, 3.63) is 74.6 Å². The van der Waals surface area contributed by atoms with Gasteiger partial charge in [0, 0.05) is 12.6 Å². The highest BCUT2D eigenvalue weighted by Gasteiger charge is 2.22. The molecule has 0 atom stereocenters. The lowest BCUT2D eigenvalue weighted by Gasteiger charge is -2.09. The van der Waals surface area contributed by atoms with Crippen molar-refractivity contribution in [1.29, 1.82) is 0 Å². The van der Waals surface area contributed by atoms with Crippen molar-refractivity contribution >= 4 is 11.6 Å². The quantitative estimate of drug-likeness (QED) is 0.516. The maximum absolute atomic E-state index is 13.5. The van der Waals surface area contributed by atoms with E-state index in [0.717, 1.165) is 12.1 Å². The van der Waals surface area contributed by atoms with Crippen LogP contribution in [0.15, 0.2) is 30.3 Å². The lowest BCUT2D eigenvalue weighted by atomic mass is 10.1. The monoisotopic (exact) mass is 338 g/mol. The normalized spacial score (nSPS) is 10.5. The Bertz CT molecular complexity index is 809. The molecular weight excluding hydrogens is 325 g/mol. The average molecular weight is 338 g/mol. The third-order valence-electron chi connectivity index (χ3n) is 3.47. The number of rotatable bonds is 5. The summed E-state index contributed by atoms with van der Waals surface area (Å²) in [4.78, 5) is 22.5. The van der Waals surface area contributed by atoms with Crippen molar-refractivity contribution in [2.75, 3.05) is 6.54 Å². The molecule has 0 aliphatic rings. The second kappa shape index (κ2) is 7.12. The molecule has 0 heterocycles. The highest BCUT2D eigenvalue weighted by Crippen LogP contribution is 2.21. The summed E-state index contributed by atoms with van der Waals surface area (Å²) < 4.78 is 39.5. The molecule has 2 aromatic carbocycles. The first-order chi connectivity index (χ1) is 11.3. The number of carbonyl (C=O) groups excluding carboxylic acids is 1. The van der Waals surface area contributed by atoms with Crippen LogP contribution in [0.2, 0.25) is 0 Å². The minimum atomic E-state index is -1.58. The molecule has 8 heteroatoms. The molecule has 0 aliphatic carbocycles. The summed E-state index contributed by atoms with van der Waals surface area (Å²) in [7, 11) is 0. The SMILES string of the molecule is Cc1cccc([N+](=O)[O-])c1C(=O)NCCc1ccc(F)c(F)c1F. The first-order valence-corrected chi connectivity index (χ1v) is 6.97. The van der Waals surface area contributed by atoms with Gasteiger partial charge < -0.3 is 5.32 Å². The summed E-state index contributed by atoms with van der Waals surface area (Å²) in [5.41, 5.74) is -0.117. The molecule has 5 nitrogen and oxygen atoms in total. The first kappa shape index (κ1) is 17.5. The molecule has 0 saturated heterocycles. The number of nitro benzene ring substituents is 1. The standard InChI is InChI=1S/C16H13F3N2O3/c1-9-3-2-4-12(21(23)24)13(9)16(22)20-8-7-10-5-6-11(17)15(19)14(10)18/h2-6H,7-8H2,1H3,(H,20,22). The number of halogens is 3. The zero-order valence-electron chi connectivity index (χ0n) is 12.6. The highest BCUT2D eigenvalue weighted by molar-refractivity contribution is 5.99. The molecule has 2 aromatic rings. The van der Waals surface area contributed by atoms with Crippen LogP contribution in [0.25, 0.3) is 0 Å². The fourth-order valence-corrected chi connectivity index (χ4v) is 2.26. The fraction of sp³-hybridized carbons (Fsp3) is 0.188. The van der Waals surface area contributed by atoms with E-state index >= 15 is 0 Å². The number of hydrogen-bond donors (Lipinski definition) is 1. The van der Waals surface area contributed by atoms with Crippen LogP contribution in [0.5, 0.6) is 0 Å². The molecule has 0 aromatic heterocycles. The summed E-state index contributed by atoms with van der Waals surface area (Å²) in [5.74, 6) is -4.88. The van der Waals surface area contributed by atoms with Crippen LogP contribution in [0, 0.1) is 34.5 Å². The van der Waals surface area contributed by atoms with Gasteiger partial charge >= 0.3 is 0 Å². The number of nitrogens with zero attached hydrogens (tertiary/aromatic N) is 1. The van der Waals surface area contributed by atoms with Crippen LogP contribution in [0.4, 0.5) is 18.9 Å². The van der Waals surface area contributed by atoms with Crippen molar-refractivity contribution in [2.45, 2.75) is 13.3 Å². The van der Waals surface area contributed by atoms with Crippen LogP contribution >= 0.6 is 0 Å². The molecular formula is C16H13F3N2O3. The molecule has 24 heavy (non-hydrogen) atoms. The Morgan fingerprint density at radius 1 is 1.17 bits per heavy atom. The van der Waals surface area contributed by atoms with E-state index in [1.54, 1.807) is 13.0 Å². The molecule has 0 fully saturated rings. The number of aryl methyl sites for hydroxylation is 1. The summed E-state index contributed by atoms with van der Waals surface area (Å²) in [5, 5.41) is 13.4. The molecule has 1 amide bonds. The zero-order chi connectivity index (χ0) is 17.9. The van der Waals surface area contributed by atoms with Crippen molar-refractivity contribution in [2.24, 2.45) is 0 Å². The van der Waals surface area contributed by atoms with Crippen LogP contribution in [-0.2, 0) is 6.42 Å². The van der Waals surface area contributed by atoms with Gasteiger partial charge in [-0.25, -0.2) is 13.2 Å². The molecule has 0 unspecified atom stereocenters. The second-order valence-electron chi connectivity index (χ2n) is 5.07. The minimum Gasteiger partial charge on any atom is -0.351 e. The molecule has 0 aliphatic heterocycles. The lowest BCUT2D eigenvalue weighted by Crippen LogP contribution is -2.27. The maximum atomic E-state index is 13.5. The molecule has 0 radical (unpaired) electrons. The van der Waals surface area contributed by atoms with E-state index in [-0.39, 0.29) is 29.8 Å². The van der Waals surface area contributed by atoms with E-state index in [9.17, 15) is 28.1 Å². The third-order valence-corrected chi connectivity index (χ3v) is 3.47. The first-order valence-electron chi connectivity index (χ1n) is 6.97. The van der Waals surface area contributed by atoms with Gasteiger partial charge in [-0.15, -0.1) is 0 Å². The van der Waals surface area contributed by atoms with Crippen molar-refractivity contribution in [3.63, 3.8) is 0 Å². The zero-order valence-corrected chi connectivity index (χ0v) is 12.6. The Hall–Kier alpha value is -2.90. The second-order valence-corrected chi connectivity index (χ2v) is 5.07. The predicted octanol–water partition coefficient (Wildman–Crippen LogP) is 3.29. The van der Waals surface area contributed by atoms with E-state index in [4.69, 9.17) is 0 Å². The van der Waals surface area contributed by atoms with Gasteiger partial charge in [-0.1, -0.05) is 18.2 Å². The summed E-state index contributed by atoms with van der Waals surface area (Å²) >= 11 is 0. The highest BCUT2D eigenvalue weighted by atomic mass is 19.2. The van der Waals surface area contributed by atoms with E-state index in [1.807, 2.05) is 0 Å². The van der Waals surface area contributed by atoms with Gasteiger partial charge in [0.1, 0.15) is 5.56 Å². The Morgan fingerprint density at radius 2 is 1.88 bits per heavy atom. The minimum absolute atomic E-state index is 0.0888. The van der Waals surface area contributed by atoms with Gasteiger partial charge in [0.15, 0.2) is 17.5 Å². The molecule has 0 saturated carbocycles. The Kier molecular flexibility index (Phi) is 5.18. The summed E-state index contributed by atoms with van der Waals surface area (Å²) in [6, 6.07) is 6.09. The molecule has 0 bridgehead atoms. The molecule has 126 valence electrons. The Labute approximate surface area is 135 Å². The molecule has 0 spiro atoms. The largest absolute Gasteiger partial charge is 0.351 e. The molecule has 2 rings (SSSR count). The van der Waals surface area contributed by atoms with Gasteiger partial charge in [0.25, 0.3) is 11.6 Å². The van der Waals surface area contributed by atoms with E-state index < -0.39 is 28.3 Å². The van der Waals surface area contributed by atoms with Gasteiger partial charge in [-0.3, -0.25) is 14.9 Å². The number of amides is 1. The van der Waals surface area contributed by atoms with Gasteiger partial charge in [0.05, 0.1) is 4.92 Å². The number of nitro groups is 1. The van der Waals surface area contributed by atoms with E-state index in [1.165, 1.54) is 12.1 Å². The van der Waals surface area contributed by atoms with E-state index in [2.05, 4.69) is 5.32 Å². The van der Waals surface area contributed by atoms with Gasteiger partial charge in [0.2, 0.25) is 0 Å². The van der Waals surface area contributed by atoms with Crippen LogP contribution < -0.4 is 5.32 Å². The van der Waals surface area contributed by atoms with Gasteiger partial charge in [-0.05, 0) is 30.5 Å². The predicted molar refractivity (Wildman–Crippen MR) is 80.2 cm³/mol. The van der Waals surface area contributed by atoms with Crippen molar-refractivity contribution < 1.29 is 22.9 Å². The fourth-order valence-electron chi connectivity index (χ4n) is 2.26. The van der Waals surface area contributed by atoms with Crippen LogP contribution in [0.3, 0.4) is 0 Å². The number of nitrogens with one attached hydrogen (secondary N) is 1. The van der Waals surface area contributed by atoms with Crippen molar-refractivity contribution in [3.8, 4) is 0 Å². The Morgan fingerprint density at radius 3 is 2.54 bits per heavy atom. The average Bonchev–Trinajstić information content (AvgIpc) is 2.54. The number of benzene rings is 2. The van der Waals surface area contributed by atoms with Crippen LogP contribution in [-0.4, -0.2) is 17.4 Å². The van der Waals surface area contributed by atoms with Gasteiger partial charge in [-0.2, -0.15) is 0 Å². The molecule has 1 N–H and O–H groups in total.